The van der Waals surface area contributed by atoms with Crippen LogP contribution in [0.15, 0.2) is 36.7 Å². The molecule has 2 fully saturated rings. The number of aryl methyl sites for hydroxylation is 1. The first-order valence-corrected chi connectivity index (χ1v) is 12.7. The molecule has 0 bridgehead atoms. The first-order chi connectivity index (χ1) is 15.8. The number of anilines is 1. The standard InChI is InChI=1S/C24H23N5O3S/c1-14-9-21(16-3-4-16)27-22(17-5-6-17)23(14)32-24-20(29-33(2,30)31)8-7-19(28-24)18-10-15(11-25)12-26-13-18/h7-10,12-13,16-17,29H,3-6H2,1-2H3. The number of pyridine rings is 3. The van der Waals surface area contributed by atoms with Gasteiger partial charge in [-0.3, -0.25) is 14.7 Å². The first kappa shape index (κ1) is 21.3. The van der Waals surface area contributed by atoms with Crippen molar-refractivity contribution in [2.45, 2.75) is 44.4 Å². The molecule has 0 amide bonds. The van der Waals surface area contributed by atoms with Gasteiger partial charge in [-0.05, 0) is 62.4 Å². The lowest BCUT2D eigenvalue weighted by molar-refractivity contribution is 0.452. The summed E-state index contributed by atoms with van der Waals surface area (Å²) in [5.74, 6) is 1.64. The Hall–Kier alpha value is -3.51. The second-order valence-corrected chi connectivity index (χ2v) is 10.5. The highest BCUT2D eigenvalue weighted by Crippen LogP contribution is 2.48. The lowest BCUT2D eigenvalue weighted by Crippen LogP contribution is -2.11. The number of nitrogens with zero attached hydrogens (tertiary/aromatic N) is 4. The SMILES string of the molecule is Cc1cc(C2CC2)nc(C2CC2)c1Oc1nc(-c2cncc(C#N)c2)ccc1NS(C)(=O)=O. The predicted molar refractivity (Wildman–Crippen MR) is 124 cm³/mol. The van der Waals surface area contributed by atoms with Gasteiger partial charge in [0, 0.05) is 35.5 Å². The Morgan fingerprint density at radius 3 is 2.52 bits per heavy atom. The van der Waals surface area contributed by atoms with E-state index < -0.39 is 10.0 Å². The summed E-state index contributed by atoms with van der Waals surface area (Å²) in [6, 6.07) is 9.08. The van der Waals surface area contributed by atoms with Gasteiger partial charge < -0.3 is 4.74 Å². The van der Waals surface area contributed by atoms with Crippen LogP contribution in [-0.2, 0) is 10.0 Å². The molecule has 3 aromatic heterocycles. The molecule has 0 spiro atoms. The summed E-state index contributed by atoms with van der Waals surface area (Å²) >= 11 is 0. The number of ether oxygens (including phenoxy) is 1. The van der Waals surface area contributed by atoms with Crippen molar-refractivity contribution in [3.8, 4) is 29.0 Å². The molecule has 8 nitrogen and oxygen atoms in total. The summed E-state index contributed by atoms with van der Waals surface area (Å²) in [6.45, 7) is 1.99. The second-order valence-electron chi connectivity index (χ2n) is 8.73. The minimum Gasteiger partial charge on any atom is -0.435 e. The molecule has 5 rings (SSSR count). The Bertz CT molecular complexity index is 1390. The molecule has 3 aromatic rings. The van der Waals surface area contributed by atoms with Crippen molar-refractivity contribution >= 4 is 15.7 Å². The van der Waals surface area contributed by atoms with Crippen LogP contribution in [0.2, 0.25) is 0 Å². The molecule has 2 aliphatic rings. The predicted octanol–water partition coefficient (Wildman–Crippen LogP) is 4.64. The van der Waals surface area contributed by atoms with Crippen molar-refractivity contribution in [2.75, 3.05) is 11.0 Å². The van der Waals surface area contributed by atoms with Crippen molar-refractivity contribution in [3.63, 3.8) is 0 Å². The van der Waals surface area contributed by atoms with Gasteiger partial charge in [0.25, 0.3) is 0 Å². The molecule has 2 saturated carbocycles. The van der Waals surface area contributed by atoms with Gasteiger partial charge in [-0.2, -0.15) is 5.26 Å². The molecule has 3 heterocycles. The number of hydrogen-bond acceptors (Lipinski definition) is 7. The fraction of sp³-hybridized carbons (Fsp3) is 0.333. The number of hydrogen-bond donors (Lipinski definition) is 1. The van der Waals surface area contributed by atoms with Crippen molar-refractivity contribution in [1.82, 2.24) is 15.0 Å². The van der Waals surface area contributed by atoms with Crippen molar-refractivity contribution < 1.29 is 13.2 Å². The van der Waals surface area contributed by atoms with E-state index in [0.717, 1.165) is 36.0 Å². The first-order valence-electron chi connectivity index (χ1n) is 10.8. The molecule has 1 N–H and O–H groups in total. The zero-order chi connectivity index (χ0) is 23.2. The average molecular weight is 462 g/mol. The molecular weight excluding hydrogens is 438 g/mol. The van der Waals surface area contributed by atoms with Crippen LogP contribution in [-0.4, -0.2) is 29.6 Å². The zero-order valence-electron chi connectivity index (χ0n) is 18.4. The summed E-state index contributed by atoms with van der Waals surface area (Å²) in [6.07, 6.45) is 8.61. The molecule has 2 aliphatic carbocycles. The van der Waals surface area contributed by atoms with E-state index in [9.17, 15) is 13.7 Å². The number of nitrogens with one attached hydrogen (secondary N) is 1. The van der Waals surface area contributed by atoms with Gasteiger partial charge in [-0.1, -0.05) is 0 Å². The Morgan fingerprint density at radius 2 is 1.85 bits per heavy atom. The lowest BCUT2D eigenvalue weighted by atomic mass is 10.1. The monoisotopic (exact) mass is 461 g/mol. The quantitative estimate of drug-likeness (QED) is 0.544. The van der Waals surface area contributed by atoms with Gasteiger partial charge >= 0.3 is 0 Å². The van der Waals surface area contributed by atoms with Crippen molar-refractivity contribution in [3.05, 3.63) is 59.2 Å². The highest BCUT2D eigenvalue weighted by molar-refractivity contribution is 7.92. The fourth-order valence-electron chi connectivity index (χ4n) is 3.76. The third-order valence-corrected chi connectivity index (χ3v) is 6.27. The Morgan fingerprint density at radius 1 is 1.09 bits per heavy atom. The van der Waals surface area contributed by atoms with E-state index in [4.69, 9.17) is 9.72 Å². The maximum absolute atomic E-state index is 12.0. The smallest absolute Gasteiger partial charge is 0.244 e. The van der Waals surface area contributed by atoms with E-state index in [-0.39, 0.29) is 11.6 Å². The number of nitriles is 1. The van der Waals surface area contributed by atoms with Gasteiger partial charge in [0.15, 0.2) is 5.75 Å². The van der Waals surface area contributed by atoms with E-state index in [1.807, 2.05) is 6.92 Å². The molecule has 0 unspecified atom stereocenters. The van der Waals surface area contributed by atoms with E-state index in [1.165, 1.54) is 19.0 Å². The summed E-state index contributed by atoms with van der Waals surface area (Å²) in [4.78, 5) is 13.6. The summed E-state index contributed by atoms with van der Waals surface area (Å²) in [5.41, 5.74) is 4.77. The van der Waals surface area contributed by atoms with Gasteiger partial charge in [0.05, 0.1) is 23.2 Å². The van der Waals surface area contributed by atoms with Crippen LogP contribution < -0.4 is 9.46 Å². The average Bonchev–Trinajstić information content (AvgIpc) is 3.68. The molecule has 168 valence electrons. The number of sulfonamides is 1. The normalized spacial score (nSPS) is 15.7. The maximum atomic E-state index is 12.0. The van der Waals surface area contributed by atoms with E-state index >= 15 is 0 Å². The maximum Gasteiger partial charge on any atom is 0.244 e. The molecule has 0 aromatic carbocycles. The lowest BCUT2D eigenvalue weighted by Gasteiger charge is -2.17. The Kier molecular flexibility index (Phi) is 5.25. The van der Waals surface area contributed by atoms with Gasteiger partial charge in [0.2, 0.25) is 15.9 Å². The van der Waals surface area contributed by atoms with Crippen molar-refractivity contribution in [1.29, 1.82) is 5.26 Å². The number of rotatable bonds is 7. The van der Waals surface area contributed by atoms with Crippen LogP contribution in [0, 0.1) is 18.3 Å². The zero-order valence-corrected chi connectivity index (χ0v) is 19.2. The summed E-state index contributed by atoms with van der Waals surface area (Å²) < 4.78 is 32.7. The van der Waals surface area contributed by atoms with Gasteiger partial charge in [-0.15, -0.1) is 0 Å². The molecule has 0 radical (unpaired) electrons. The minimum absolute atomic E-state index is 0.131. The highest BCUT2D eigenvalue weighted by Gasteiger charge is 2.33. The van der Waals surface area contributed by atoms with E-state index in [1.54, 1.807) is 24.4 Å². The van der Waals surface area contributed by atoms with Crippen LogP contribution in [0.1, 0.15) is 60.0 Å². The highest BCUT2D eigenvalue weighted by atomic mass is 32.2. The molecular formula is C24H23N5O3S. The third kappa shape index (κ3) is 4.81. The molecule has 0 aliphatic heterocycles. The number of aromatic nitrogens is 3. The topological polar surface area (TPSA) is 118 Å². The van der Waals surface area contributed by atoms with Crippen LogP contribution >= 0.6 is 0 Å². The minimum atomic E-state index is -3.56. The van der Waals surface area contributed by atoms with Crippen LogP contribution in [0.3, 0.4) is 0 Å². The third-order valence-electron chi connectivity index (χ3n) is 5.68. The molecule has 0 saturated heterocycles. The van der Waals surface area contributed by atoms with Crippen molar-refractivity contribution in [2.24, 2.45) is 0 Å². The summed E-state index contributed by atoms with van der Waals surface area (Å²) in [7, 11) is -3.56. The molecule has 0 atom stereocenters. The molecule has 9 heteroatoms. The van der Waals surface area contributed by atoms with Crippen LogP contribution in [0.4, 0.5) is 5.69 Å². The van der Waals surface area contributed by atoms with Crippen LogP contribution in [0.5, 0.6) is 11.6 Å². The van der Waals surface area contributed by atoms with Gasteiger partial charge in [-0.25, -0.2) is 13.4 Å². The Labute approximate surface area is 192 Å². The van der Waals surface area contributed by atoms with Gasteiger partial charge in [0.1, 0.15) is 11.8 Å². The van der Waals surface area contributed by atoms with Crippen LogP contribution in [0.25, 0.3) is 11.3 Å². The fourth-order valence-corrected chi connectivity index (χ4v) is 4.32. The summed E-state index contributed by atoms with van der Waals surface area (Å²) in [5, 5.41) is 9.20. The van der Waals surface area contributed by atoms with E-state index in [0.29, 0.717) is 34.4 Å². The second kappa shape index (κ2) is 8.12. The largest absolute Gasteiger partial charge is 0.435 e. The Balaban J connectivity index is 1.59. The molecule has 33 heavy (non-hydrogen) atoms. The van der Waals surface area contributed by atoms with E-state index in [2.05, 4.69) is 26.8 Å².